The molecule has 0 spiro atoms. The second-order valence-electron chi connectivity index (χ2n) is 5.23. The highest BCUT2D eigenvalue weighted by atomic mass is 16.5. The number of amides is 1. The van der Waals surface area contributed by atoms with Crippen LogP contribution < -0.4 is 4.74 Å². The number of hydrogen-bond acceptors (Lipinski definition) is 3. The topological polar surface area (TPSA) is 32.8 Å². The Morgan fingerprint density at radius 2 is 2.00 bits per heavy atom. The van der Waals surface area contributed by atoms with Crippen LogP contribution in [0.4, 0.5) is 0 Å². The van der Waals surface area contributed by atoms with Gasteiger partial charge in [-0.25, -0.2) is 0 Å². The Labute approximate surface area is 121 Å². The molecule has 0 aliphatic carbocycles. The van der Waals surface area contributed by atoms with Crippen LogP contribution in [0.1, 0.15) is 18.9 Å². The van der Waals surface area contributed by atoms with Crippen LogP contribution >= 0.6 is 0 Å². The van der Waals surface area contributed by atoms with Crippen LogP contribution in [0.15, 0.2) is 24.3 Å². The van der Waals surface area contributed by atoms with E-state index < -0.39 is 0 Å². The Kier molecular flexibility index (Phi) is 5.41. The predicted octanol–water partition coefficient (Wildman–Crippen LogP) is 1.93. The van der Waals surface area contributed by atoms with Gasteiger partial charge in [0.1, 0.15) is 5.75 Å². The number of nitrogens with zero attached hydrogens (tertiary/aromatic N) is 2. The van der Waals surface area contributed by atoms with Crippen molar-refractivity contribution in [3.63, 3.8) is 0 Å². The molecular weight excluding hydrogens is 252 g/mol. The summed E-state index contributed by atoms with van der Waals surface area (Å²) in [5, 5.41) is 0. The number of hydrogen-bond donors (Lipinski definition) is 0. The highest BCUT2D eigenvalue weighted by molar-refractivity contribution is 5.76. The molecule has 0 unspecified atom stereocenters. The summed E-state index contributed by atoms with van der Waals surface area (Å²) in [5.41, 5.74) is 1.17. The Morgan fingerprint density at radius 3 is 2.65 bits per heavy atom. The average Bonchev–Trinajstić information content (AvgIpc) is 2.47. The molecule has 1 fully saturated rings. The van der Waals surface area contributed by atoms with Crippen molar-refractivity contribution in [2.75, 3.05) is 39.3 Å². The molecule has 4 heteroatoms. The van der Waals surface area contributed by atoms with Gasteiger partial charge in [-0.1, -0.05) is 19.1 Å². The Morgan fingerprint density at radius 1 is 1.25 bits per heavy atom. The van der Waals surface area contributed by atoms with E-state index in [4.69, 9.17) is 4.74 Å². The zero-order chi connectivity index (χ0) is 14.4. The molecule has 2 rings (SSSR count). The zero-order valence-corrected chi connectivity index (χ0v) is 12.5. The van der Waals surface area contributed by atoms with Crippen molar-refractivity contribution in [2.45, 2.75) is 20.3 Å². The Bertz CT molecular complexity index is 440. The summed E-state index contributed by atoms with van der Waals surface area (Å²) in [5.74, 6) is 1.04. The molecule has 0 N–H and O–H groups in total. The number of ether oxygens (including phenoxy) is 1. The van der Waals surface area contributed by atoms with Gasteiger partial charge >= 0.3 is 0 Å². The predicted molar refractivity (Wildman–Crippen MR) is 80.0 cm³/mol. The van der Waals surface area contributed by atoms with Gasteiger partial charge in [-0.15, -0.1) is 0 Å². The second kappa shape index (κ2) is 7.29. The van der Waals surface area contributed by atoms with Crippen LogP contribution in [-0.2, 0) is 4.79 Å². The summed E-state index contributed by atoms with van der Waals surface area (Å²) in [7, 11) is 0. The molecule has 4 nitrogen and oxygen atoms in total. The molecule has 0 bridgehead atoms. The standard InChI is InChI=1S/C16H24N2O2/c1-3-17-8-10-18(11-9-17)16(19)7-12-20-15-6-4-5-14(2)13-15/h4-6,13H,3,7-12H2,1-2H3. The Balaban J connectivity index is 1.70. The fourth-order valence-electron chi connectivity index (χ4n) is 2.43. The van der Waals surface area contributed by atoms with E-state index in [1.54, 1.807) is 0 Å². The van der Waals surface area contributed by atoms with E-state index in [0.717, 1.165) is 38.5 Å². The normalized spacial score (nSPS) is 16.2. The molecule has 1 aliphatic rings. The fraction of sp³-hybridized carbons (Fsp3) is 0.562. The van der Waals surface area contributed by atoms with Crippen molar-refractivity contribution in [1.82, 2.24) is 9.80 Å². The lowest BCUT2D eigenvalue weighted by Crippen LogP contribution is -2.48. The quantitative estimate of drug-likeness (QED) is 0.824. The third-order valence-corrected chi connectivity index (χ3v) is 3.75. The van der Waals surface area contributed by atoms with Crippen LogP contribution in [0.5, 0.6) is 5.75 Å². The molecule has 1 saturated heterocycles. The van der Waals surface area contributed by atoms with Gasteiger partial charge in [0, 0.05) is 26.2 Å². The summed E-state index contributed by atoms with van der Waals surface area (Å²) in [4.78, 5) is 16.4. The molecule has 0 aromatic heterocycles. The minimum atomic E-state index is 0.202. The number of likely N-dealkylation sites (N-methyl/N-ethyl adjacent to an activating group) is 1. The van der Waals surface area contributed by atoms with Gasteiger partial charge in [-0.05, 0) is 31.2 Å². The lowest BCUT2D eigenvalue weighted by molar-refractivity contribution is -0.133. The van der Waals surface area contributed by atoms with E-state index >= 15 is 0 Å². The molecule has 0 saturated carbocycles. The number of benzene rings is 1. The Hall–Kier alpha value is -1.55. The molecule has 0 atom stereocenters. The van der Waals surface area contributed by atoms with E-state index in [1.165, 1.54) is 5.56 Å². The maximum Gasteiger partial charge on any atom is 0.226 e. The molecule has 20 heavy (non-hydrogen) atoms. The largest absolute Gasteiger partial charge is 0.493 e. The van der Waals surface area contributed by atoms with Crippen molar-refractivity contribution in [3.8, 4) is 5.75 Å². The fourth-order valence-corrected chi connectivity index (χ4v) is 2.43. The number of rotatable bonds is 5. The maximum atomic E-state index is 12.1. The summed E-state index contributed by atoms with van der Waals surface area (Å²) in [6, 6.07) is 7.92. The van der Waals surface area contributed by atoms with E-state index in [2.05, 4.69) is 11.8 Å². The van der Waals surface area contributed by atoms with E-state index in [9.17, 15) is 4.79 Å². The smallest absolute Gasteiger partial charge is 0.226 e. The summed E-state index contributed by atoms with van der Waals surface area (Å²) < 4.78 is 5.63. The summed E-state index contributed by atoms with van der Waals surface area (Å²) in [6.07, 6.45) is 0.458. The average molecular weight is 276 g/mol. The molecule has 1 heterocycles. The number of aryl methyl sites for hydroxylation is 1. The van der Waals surface area contributed by atoms with Gasteiger partial charge in [0.15, 0.2) is 0 Å². The van der Waals surface area contributed by atoms with E-state index in [1.807, 2.05) is 36.1 Å². The van der Waals surface area contributed by atoms with Crippen molar-refractivity contribution in [2.24, 2.45) is 0 Å². The van der Waals surface area contributed by atoms with Crippen molar-refractivity contribution in [1.29, 1.82) is 0 Å². The number of piperazine rings is 1. The molecular formula is C16H24N2O2. The maximum absolute atomic E-state index is 12.1. The summed E-state index contributed by atoms with van der Waals surface area (Å²) in [6.45, 7) is 9.38. The minimum absolute atomic E-state index is 0.202. The second-order valence-corrected chi connectivity index (χ2v) is 5.23. The lowest BCUT2D eigenvalue weighted by atomic mass is 10.2. The van der Waals surface area contributed by atoms with Crippen LogP contribution in [0.25, 0.3) is 0 Å². The first kappa shape index (κ1) is 14.9. The van der Waals surface area contributed by atoms with Crippen molar-refractivity contribution in [3.05, 3.63) is 29.8 Å². The SMILES string of the molecule is CCN1CCN(C(=O)CCOc2cccc(C)c2)CC1. The van der Waals surface area contributed by atoms with Gasteiger partial charge in [0.2, 0.25) is 5.91 Å². The number of carbonyl (C=O) groups is 1. The van der Waals surface area contributed by atoms with Crippen LogP contribution in [0.3, 0.4) is 0 Å². The van der Waals surface area contributed by atoms with E-state index in [-0.39, 0.29) is 5.91 Å². The molecule has 1 amide bonds. The first-order valence-electron chi connectivity index (χ1n) is 7.38. The first-order valence-corrected chi connectivity index (χ1v) is 7.38. The number of carbonyl (C=O) groups excluding carboxylic acids is 1. The van der Waals surface area contributed by atoms with Gasteiger partial charge in [0.25, 0.3) is 0 Å². The van der Waals surface area contributed by atoms with Crippen molar-refractivity contribution < 1.29 is 9.53 Å². The van der Waals surface area contributed by atoms with Gasteiger partial charge in [-0.3, -0.25) is 4.79 Å². The molecule has 1 aromatic rings. The highest BCUT2D eigenvalue weighted by Crippen LogP contribution is 2.13. The van der Waals surface area contributed by atoms with Gasteiger partial charge in [-0.2, -0.15) is 0 Å². The van der Waals surface area contributed by atoms with E-state index in [0.29, 0.717) is 13.0 Å². The first-order chi connectivity index (χ1) is 9.69. The molecule has 1 aromatic carbocycles. The van der Waals surface area contributed by atoms with Crippen molar-refractivity contribution >= 4 is 5.91 Å². The molecule has 1 aliphatic heterocycles. The highest BCUT2D eigenvalue weighted by Gasteiger charge is 2.19. The zero-order valence-electron chi connectivity index (χ0n) is 12.5. The molecule has 110 valence electrons. The van der Waals surface area contributed by atoms with Gasteiger partial charge < -0.3 is 14.5 Å². The van der Waals surface area contributed by atoms with Gasteiger partial charge in [0.05, 0.1) is 13.0 Å². The van der Waals surface area contributed by atoms with Crippen LogP contribution in [0.2, 0.25) is 0 Å². The molecule has 0 radical (unpaired) electrons. The minimum Gasteiger partial charge on any atom is -0.493 e. The third kappa shape index (κ3) is 4.23. The monoisotopic (exact) mass is 276 g/mol. The van der Waals surface area contributed by atoms with Crippen LogP contribution in [-0.4, -0.2) is 55.0 Å². The van der Waals surface area contributed by atoms with Crippen LogP contribution in [0, 0.1) is 6.92 Å². The summed E-state index contributed by atoms with van der Waals surface area (Å²) >= 11 is 0. The third-order valence-electron chi connectivity index (χ3n) is 3.75. The lowest BCUT2D eigenvalue weighted by Gasteiger charge is -2.34.